The van der Waals surface area contributed by atoms with E-state index in [2.05, 4.69) is 15.3 Å². The van der Waals surface area contributed by atoms with Gasteiger partial charge in [0.05, 0.1) is 11.1 Å². The molecule has 4 rings (SSSR count). The molecule has 0 bridgehead atoms. The number of amides is 1. The van der Waals surface area contributed by atoms with Crippen LogP contribution in [0.25, 0.3) is 22.0 Å². The molecule has 0 radical (unpaired) electrons. The highest BCUT2D eigenvalue weighted by molar-refractivity contribution is 6.04. The Morgan fingerprint density at radius 3 is 2.63 bits per heavy atom. The number of nitrogens with one attached hydrogen (secondary N) is 1. The van der Waals surface area contributed by atoms with Gasteiger partial charge in [0, 0.05) is 22.8 Å². The number of fused-ring (bicyclic) bond motifs is 1. The third-order valence-electron chi connectivity index (χ3n) is 4.76. The van der Waals surface area contributed by atoms with Crippen molar-refractivity contribution in [3.8, 4) is 11.1 Å². The molecule has 4 aromatic rings. The molecule has 0 saturated carbocycles. The molecule has 3 aromatic carbocycles. The Balaban J connectivity index is 1.64. The Hall–Kier alpha value is -3.74. The van der Waals surface area contributed by atoms with Gasteiger partial charge in [-0.2, -0.15) is 13.2 Å². The normalized spacial score (nSPS) is 11.5. The first-order valence-electron chi connectivity index (χ1n) is 9.11. The molecule has 0 aliphatic carbocycles. The van der Waals surface area contributed by atoms with Crippen molar-refractivity contribution in [3.63, 3.8) is 0 Å². The lowest BCUT2D eigenvalue weighted by molar-refractivity contribution is -0.137. The molecule has 30 heavy (non-hydrogen) atoms. The molecule has 0 spiro atoms. The number of hydrogen-bond donors (Lipinski definition) is 1. The zero-order valence-electron chi connectivity index (χ0n) is 15.9. The van der Waals surface area contributed by atoms with Crippen molar-refractivity contribution in [3.05, 3.63) is 89.9 Å². The molecule has 1 amide bonds. The second-order valence-corrected chi connectivity index (χ2v) is 6.86. The summed E-state index contributed by atoms with van der Waals surface area (Å²) in [6, 6.07) is 15.5. The Labute approximate surface area is 170 Å². The van der Waals surface area contributed by atoms with Crippen molar-refractivity contribution in [2.24, 2.45) is 0 Å². The number of benzene rings is 3. The Kier molecular flexibility index (Phi) is 4.95. The van der Waals surface area contributed by atoms with Crippen LogP contribution < -0.4 is 5.32 Å². The van der Waals surface area contributed by atoms with Crippen LogP contribution in [0.1, 0.15) is 21.5 Å². The summed E-state index contributed by atoms with van der Waals surface area (Å²) in [5.41, 5.74) is 3.19. The zero-order chi connectivity index (χ0) is 21.3. The number of aryl methyl sites for hydroxylation is 1. The van der Waals surface area contributed by atoms with Crippen LogP contribution in [0.2, 0.25) is 0 Å². The summed E-state index contributed by atoms with van der Waals surface area (Å²) in [7, 11) is 0. The van der Waals surface area contributed by atoms with Gasteiger partial charge in [-0.3, -0.25) is 4.79 Å². The average Bonchev–Trinajstić information content (AvgIpc) is 2.74. The van der Waals surface area contributed by atoms with Crippen molar-refractivity contribution in [2.45, 2.75) is 13.1 Å². The van der Waals surface area contributed by atoms with Gasteiger partial charge in [-0.25, -0.2) is 9.97 Å². The number of alkyl halides is 3. The van der Waals surface area contributed by atoms with E-state index in [0.29, 0.717) is 5.69 Å². The van der Waals surface area contributed by atoms with Crippen molar-refractivity contribution < 1.29 is 18.0 Å². The second-order valence-electron chi connectivity index (χ2n) is 6.86. The highest BCUT2D eigenvalue weighted by Crippen LogP contribution is 2.31. The van der Waals surface area contributed by atoms with Crippen LogP contribution in [0.3, 0.4) is 0 Å². The van der Waals surface area contributed by atoms with Crippen molar-refractivity contribution in [1.82, 2.24) is 9.97 Å². The highest BCUT2D eigenvalue weighted by Gasteiger charge is 2.30. The van der Waals surface area contributed by atoms with Crippen LogP contribution in [-0.4, -0.2) is 15.9 Å². The highest BCUT2D eigenvalue weighted by atomic mass is 19.4. The molecule has 0 saturated heterocycles. The van der Waals surface area contributed by atoms with E-state index in [1.54, 1.807) is 18.3 Å². The molecule has 4 nitrogen and oxygen atoms in total. The van der Waals surface area contributed by atoms with Crippen LogP contribution in [0, 0.1) is 6.92 Å². The number of carbonyl (C=O) groups excluding carboxylic acids is 1. The van der Waals surface area contributed by atoms with E-state index in [1.165, 1.54) is 18.5 Å². The van der Waals surface area contributed by atoms with Crippen molar-refractivity contribution in [2.75, 3.05) is 5.32 Å². The summed E-state index contributed by atoms with van der Waals surface area (Å²) in [6.07, 6.45) is -1.30. The number of carbonyl (C=O) groups is 1. The molecule has 0 unspecified atom stereocenters. The third-order valence-corrected chi connectivity index (χ3v) is 4.76. The summed E-state index contributed by atoms with van der Waals surface area (Å²) in [5.74, 6) is -0.609. The van der Waals surface area contributed by atoms with E-state index in [0.717, 1.165) is 39.7 Å². The molecular formula is C23H16F3N3O. The lowest BCUT2D eigenvalue weighted by atomic mass is 9.98. The quantitative estimate of drug-likeness (QED) is 0.462. The maximum atomic E-state index is 12.9. The Morgan fingerprint density at radius 2 is 1.83 bits per heavy atom. The van der Waals surface area contributed by atoms with E-state index in [4.69, 9.17) is 0 Å². The van der Waals surface area contributed by atoms with Gasteiger partial charge < -0.3 is 5.32 Å². The fraction of sp³-hybridized carbons (Fsp3) is 0.0870. The molecule has 0 atom stereocenters. The minimum atomic E-state index is -4.51. The molecule has 7 heteroatoms. The molecule has 1 aromatic heterocycles. The Bertz CT molecular complexity index is 1250. The number of nitrogens with zero attached hydrogens (tertiary/aromatic N) is 2. The number of aromatic nitrogens is 2. The maximum absolute atomic E-state index is 12.9. The largest absolute Gasteiger partial charge is 0.416 e. The molecule has 150 valence electrons. The minimum absolute atomic E-state index is 0.0604. The molecule has 1 heterocycles. The van der Waals surface area contributed by atoms with Gasteiger partial charge in [0.2, 0.25) is 0 Å². The van der Waals surface area contributed by atoms with E-state index in [1.807, 2.05) is 31.2 Å². The monoisotopic (exact) mass is 407 g/mol. The summed E-state index contributed by atoms with van der Waals surface area (Å²) in [6.45, 7) is 1.94. The molecule has 0 aliphatic rings. The van der Waals surface area contributed by atoms with Gasteiger partial charge in [0.25, 0.3) is 5.91 Å². The predicted octanol–water partition coefficient (Wildman–Crippen LogP) is 5.88. The first-order valence-corrected chi connectivity index (χ1v) is 9.11. The topological polar surface area (TPSA) is 54.9 Å². The van der Waals surface area contributed by atoms with Crippen LogP contribution in [0.15, 0.2) is 73.2 Å². The molecule has 0 fully saturated rings. The predicted molar refractivity (Wildman–Crippen MR) is 109 cm³/mol. The summed E-state index contributed by atoms with van der Waals surface area (Å²) < 4.78 is 38.7. The van der Waals surface area contributed by atoms with E-state index >= 15 is 0 Å². The van der Waals surface area contributed by atoms with Crippen LogP contribution in [0.4, 0.5) is 18.9 Å². The lowest BCUT2D eigenvalue weighted by Crippen LogP contribution is -2.14. The zero-order valence-corrected chi connectivity index (χ0v) is 15.9. The smallest absolute Gasteiger partial charge is 0.322 e. The number of anilines is 1. The fourth-order valence-corrected chi connectivity index (χ4v) is 3.20. The Morgan fingerprint density at radius 1 is 1.00 bits per heavy atom. The number of rotatable bonds is 3. The van der Waals surface area contributed by atoms with Gasteiger partial charge in [0.15, 0.2) is 0 Å². The molecular weight excluding hydrogens is 391 g/mol. The van der Waals surface area contributed by atoms with Gasteiger partial charge in [-0.15, -0.1) is 0 Å². The summed E-state index contributed by atoms with van der Waals surface area (Å²) in [4.78, 5) is 20.7. The van der Waals surface area contributed by atoms with E-state index < -0.39 is 17.6 Å². The lowest BCUT2D eigenvalue weighted by Gasteiger charge is -2.12. The molecule has 1 N–H and O–H groups in total. The standard InChI is InChI=1S/C23H16F3N3O/c1-14-5-7-19(29-22(30)16-3-2-4-18(10-16)23(24,25)26)11-20(14)15-6-8-21-17(9-15)12-27-13-28-21/h2-13H,1H3,(H,29,30). The van der Waals surface area contributed by atoms with Crippen molar-refractivity contribution in [1.29, 1.82) is 0 Å². The first-order chi connectivity index (χ1) is 14.3. The SMILES string of the molecule is Cc1ccc(NC(=O)c2cccc(C(F)(F)F)c2)cc1-c1ccc2ncncc2c1. The minimum Gasteiger partial charge on any atom is -0.322 e. The van der Waals surface area contributed by atoms with E-state index in [9.17, 15) is 18.0 Å². The van der Waals surface area contributed by atoms with Crippen molar-refractivity contribution >= 4 is 22.5 Å². The number of halogens is 3. The average molecular weight is 407 g/mol. The number of hydrogen-bond acceptors (Lipinski definition) is 3. The molecule has 0 aliphatic heterocycles. The third kappa shape index (κ3) is 4.00. The van der Waals surface area contributed by atoms with Gasteiger partial charge >= 0.3 is 6.18 Å². The second kappa shape index (κ2) is 7.59. The van der Waals surface area contributed by atoms with Gasteiger partial charge in [0.1, 0.15) is 6.33 Å². The maximum Gasteiger partial charge on any atom is 0.416 e. The van der Waals surface area contributed by atoms with Crippen LogP contribution >= 0.6 is 0 Å². The summed E-state index contributed by atoms with van der Waals surface area (Å²) >= 11 is 0. The van der Waals surface area contributed by atoms with Gasteiger partial charge in [-0.05, 0) is 66.1 Å². The van der Waals surface area contributed by atoms with Gasteiger partial charge in [-0.1, -0.05) is 18.2 Å². The van der Waals surface area contributed by atoms with Crippen LogP contribution in [0.5, 0.6) is 0 Å². The first kappa shape index (κ1) is 19.6. The van der Waals surface area contributed by atoms with Crippen LogP contribution in [-0.2, 0) is 6.18 Å². The summed E-state index contributed by atoms with van der Waals surface area (Å²) in [5, 5.41) is 3.56. The fourth-order valence-electron chi connectivity index (χ4n) is 3.20. The van der Waals surface area contributed by atoms with E-state index in [-0.39, 0.29) is 5.56 Å².